The molecule has 2 aliphatic heterocycles. The Morgan fingerprint density at radius 1 is 1.27 bits per heavy atom. The predicted molar refractivity (Wildman–Crippen MR) is 160 cm³/mol. The van der Waals surface area contributed by atoms with Crippen LogP contribution < -0.4 is 10.1 Å². The van der Waals surface area contributed by atoms with E-state index >= 15 is 0 Å². The maximum Gasteiger partial charge on any atom is 0.413 e. The van der Waals surface area contributed by atoms with Crippen LogP contribution in [0.1, 0.15) is 38.7 Å². The second-order valence-corrected chi connectivity index (χ2v) is 12.4. The van der Waals surface area contributed by atoms with E-state index < -0.39 is 6.09 Å². The maximum absolute atomic E-state index is 11.6. The van der Waals surface area contributed by atoms with Crippen molar-refractivity contribution in [2.24, 2.45) is 16.3 Å². The third-order valence-electron chi connectivity index (χ3n) is 8.37. The van der Waals surface area contributed by atoms with Crippen LogP contribution in [0.4, 0.5) is 10.7 Å². The van der Waals surface area contributed by atoms with Gasteiger partial charge in [-0.15, -0.1) is 0 Å². The van der Waals surface area contributed by atoms with Gasteiger partial charge in [0.1, 0.15) is 12.4 Å². The molecule has 0 bridgehead atoms. The van der Waals surface area contributed by atoms with Gasteiger partial charge in [-0.25, -0.2) is 9.78 Å². The molecule has 1 amide bonds. The van der Waals surface area contributed by atoms with Crippen molar-refractivity contribution in [3.63, 3.8) is 0 Å². The highest BCUT2D eigenvalue weighted by Gasteiger charge is 2.40. The highest BCUT2D eigenvalue weighted by molar-refractivity contribution is 5.90. The normalized spacial score (nSPS) is 22.2. The number of likely N-dealkylation sites (N-methyl/N-ethyl adjacent to an activating group) is 1. The molecule has 1 aliphatic carbocycles. The molecule has 1 aromatic carbocycles. The van der Waals surface area contributed by atoms with Crippen molar-refractivity contribution in [1.29, 1.82) is 0 Å². The summed E-state index contributed by atoms with van der Waals surface area (Å²) in [5.41, 5.74) is 7.28. The number of aliphatic imine (C=N–C) groups is 1. The Balaban J connectivity index is 1.29. The van der Waals surface area contributed by atoms with Crippen molar-refractivity contribution in [2.75, 3.05) is 46.2 Å². The molecule has 0 saturated heterocycles. The molecule has 4 heterocycles. The maximum atomic E-state index is 11.6. The molecule has 2 atom stereocenters. The van der Waals surface area contributed by atoms with Crippen LogP contribution in [0.5, 0.6) is 5.75 Å². The molecular formula is C31H39N7O3. The van der Waals surface area contributed by atoms with Crippen molar-refractivity contribution in [3.8, 4) is 16.9 Å². The van der Waals surface area contributed by atoms with Crippen molar-refractivity contribution < 1.29 is 14.3 Å². The highest BCUT2D eigenvalue weighted by atomic mass is 16.5. The summed E-state index contributed by atoms with van der Waals surface area (Å²) in [4.78, 5) is 33.5. The molecule has 10 heteroatoms. The smallest absolute Gasteiger partial charge is 0.413 e. The molecule has 1 saturated carbocycles. The Kier molecular flexibility index (Phi) is 7.29. The van der Waals surface area contributed by atoms with E-state index in [1.54, 1.807) is 0 Å². The number of H-pyrrole nitrogens is 1. The van der Waals surface area contributed by atoms with Crippen LogP contribution in [0, 0.1) is 11.3 Å². The third kappa shape index (κ3) is 5.85. The fourth-order valence-electron chi connectivity index (χ4n) is 6.34. The van der Waals surface area contributed by atoms with Gasteiger partial charge in [0, 0.05) is 54.6 Å². The Hall–Kier alpha value is -3.76. The minimum atomic E-state index is -0.587. The summed E-state index contributed by atoms with van der Waals surface area (Å²) < 4.78 is 10.9. The van der Waals surface area contributed by atoms with E-state index in [1.807, 2.05) is 12.3 Å². The lowest BCUT2D eigenvalue weighted by atomic mass is 9.67. The molecule has 3 aromatic rings. The molecule has 6 rings (SSSR count). The second kappa shape index (κ2) is 10.9. The predicted octanol–water partition coefficient (Wildman–Crippen LogP) is 5.09. The molecule has 0 spiro atoms. The van der Waals surface area contributed by atoms with E-state index in [9.17, 15) is 4.79 Å². The molecule has 2 N–H and O–H groups in total. The Morgan fingerprint density at radius 2 is 2.12 bits per heavy atom. The van der Waals surface area contributed by atoms with Crippen LogP contribution in [0.2, 0.25) is 0 Å². The van der Waals surface area contributed by atoms with Gasteiger partial charge in [-0.1, -0.05) is 19.9 Å². The van der Waals surface area contributed by atoms with Gasteiger partial charge in [0.15, 0.2) is 5.65 Å². The largest absolute Gasteiger partial charge is 0.492 e. The summed E-state index contributed by atoms with van der Waals surface area (Å²) in [6, 6.07) is 8.65. The lowest BCUT2D eigenvalue weighted by Crippen LogP contribution is -2.48. The number of nitrogens with zero attached hydrogens (tertiary/aromatic N) is 5. The van der Waals surface area contributed by atoms with Gasteiger partial charge in [-0.05, 0) is 68.6 Å². The number of amides is 1. The van der Waals surface area contributed by atoms with E-state index in [1.165, 1.54) is 30.5 Å². The molecule has 10 nitrogen and oxygen atoms in total. The minimum absolute atomic E-state index is 0.291. The number of imidazole rings is 1. The van der Waals surface area contributed by atoms with Crippen LogP contribution in [-0.4, -0.2) is 83.5 Å². The third-order valence-corrected chi connectivity index (χ3v) is 8.37. The van der Waals surface area contributed by atoms with Gasteiger partial charge in [-0.3, -0.25) is 15.2 Å². The van der Waals surface area contributed by atoms with Gasteiger partial charge >= 0.3 is 6.09 Å². The summed E-state index contributed by atoms with van der Waals surface area (Å²) in [7, 11) is 5.53. The standard InChI is InChI=1S/C31H39N7O3/c1-31(2)9-8-24-23(15-31)26(14-22(33-24)18-37(3)4)38-10-11-41-27-7-6-19(12-21(27)17-38)20-13-25-28(32-16-20)35-29(34-25)36-30(39)40-5/h6-7,12-14,16,23,26H,8-11,15,17-18H2,1-5H3,(H2,32,34,35,36,39). The molecule has 0 radical (unpaired) electrons. The number of carbonyl (C=O) groups excluding carboxylic acids is 1. The summed E-state index contributed by atoms with van der Waals surface area (Å²) >= 11 is 0. The van der Waals surface area contributed by atoms with Gasteiger partial charge in [-0.2, -0.15) is 4.98 Å². The molecule has 2 unspecified atom stereocenters. The SMILES string of the molecule is COC(=O)Nc1nc2ncc(-c3ccc4c(c3)CN(C3C=C(CN(C)C)N=C5CCC(C)(C)CC53)CCO4)cc2[nH]1. The number of benzene rings is 1. The van der Waals surface area contributed by atoms with E-state index in [0.29, 0.717) is 35.6 Å². The molecule has 1 fully saturated rings. The second-order valence-electron chi connectivity index (χ2n) is 12.4. The van der Waals surface area contributed by atoms with Crippen LogP contribution in [0.25, 0.3) is 22.3 Å². The first-order chi connectivity index (χ1) is 19.7. The monoisotopic (exact) mass is 557 g/mol. The number of hydrogen-bond acceptors (Lipinski definition) is 8. The number of fused-ring (bicyclic) bond motifs is 3. The zero-order chi connectivity index (χ0) is 28.7. The number of carbonyl (C=O) groups is 1. The van der Waals surface area contributed by atoms with Gasteiger partial charge < -0.3 is 19.4 Å². The van der Waals surface area contributed by atoms with E-state index in [-0.39, 0.29) is 0 Å². The summed E-state index contributed by atoms with van der Waals surface area (Å²) in [5, 5.41) is 2.56. The van der Waals surface area contributed by atoms with E-state index in [4.69, 9.17) is 9.73 Å². The first-order valence-electron chi connectivity index (χ1n) is 14.3. The van der Waals surface area contributed by atoms with Gasteiger partial charge in [0.25, 0.3) is 0 Å². The number of rotatable bonds is 5. The number of methoxy groups -OCH3 is 1. The number of ether oxygens (including phenoxy) is 2. The zero-order valence-corrected chi connectivity index (χ0v) is 24.5. The Morgan fingerprint density at radius 3 is 2.93 bits per heavy atom. The average molecular weight is 558 g/mol. The number of pyridine rings is 1. The first kappa shape index (κ1) is 27.4. The van der Waals surface area contributed by atoms with Crippen LogP contribution in [0.15, 0.2) is 47.2 Å². The highest BCUT2D eigenvalue weighted by Crippen LogP contribution is 2.43. The van der Waals surface area contributed by atoms with Crippen molar-refractivity contribution in [3.05, 3.63) is 47.8 Å². The summed E-state index contributed by atoms with van der Waals surface area (Å²) in [6.45, 7) is 7.96. The average Bonchev–Trinajstić information content (AvgIpc) is 3.20. The summed E-state index contributed by atoms with van der Waals surface area (Å²) in [6.07, 6.45) is 7.05. The molecule has 216 valence electrons. The van der Waals surface area contributed by atoms with Crippen molar-refractivity contribution in [1.82, 2.24) is 24.8 Å². The van der Waals surface area contributed by atoms with E-state index in [0.717, 1.165) is 54.9 Å². The quantitative estimate of drug-likeness (QED) is 0.450. The van der Waals surface area contributed by atoms with Crippen LogP contribution >= 0.6 is 0 Å². The first-order valence-corrected chi connectivity index (χ1v) is 14.3. The lowest BCUT2D eigenvalue weighted by molar-refractivity contribution is 0.136. The lowest BCUT2D eigenvalue weighted by Gasteiger charge is -2.44. The fourth-order valence-corrected chi connectivity index (χ4v) is 6.34. The molecule has 41 heavy (non-hydrogen) atoms. The van der Waals surface area contributed by atoms with Crippen molar-refractivity contribution in [2.45, 2.75) is 45.7 Å². The van der Waals surface area contributed by atoms with Gasteiger partial charge in [0.2, 0.25) is 5.95 Å². The topological polar surface area (TPSA) is 108 Å². The molecular weight excluding hydrogens is 518 g/mol. The minimum Gasteiger partial charge on any atom is -0.492 e. The molecule has 3 aliphatic rings. The van der Waals surface area contributed by atoms with Crippen LogP contribution in [0.3, 0.4) is 0 Å². The number of hydrogen-bond donors (Lipinski definition) is 2. The van der Waals surface area contributed by atoms with Gasteiger partial charge in [0.05, 0.1) is 18.3 Å². The number of nitrogens with one attached hydrogen (secondary N) is 2. The molecule has 2 aromatic heterocycles. The number of anilines is 1. The summed E-state index contributed by atoms with van der Waals surface area (Å²) in [5.74, 6) is 1.65. The Bertz CT molecular complexity index is 1520. The fraction of sp³-hybridized carbons (Fsp3) is 0.484. The van der Waals surface area contributed by atoms with Crippen LogP contribution in [-0.2, 0) is 11.3 Å². The Labute approximate surface area is 240 Å². The number of aromatic nitrogens is 3. The van der Waals surface area contributed by atoms with Crippen molar-refractivity contribution >= 4 is 28.9 Å². The zero-order valence-electron chi connectivity index (χ0n) is 24.5. The number of aromatic amines is 1. The van der Waals surface area contributed by atoms with E-state index in [2.05, 4.69) is 87.0 Å².